The molecule has 538 valence electrons. The highest BCUT2D eigenvalue weighted by atomic mass is 16.8. The highest BCUT2D eigenvalue weighted by molar-refractivity contribution is 5.80. The summed E-state index contributed by atoms with van der Waals surface area (Å²) in [6, 6.07) is 0. The van der Waals surface area contributed by atoms with Crippen molar-refractivity contribution in [1.82, 2.24) is 0 Å². The summed E-state index contributed by atoms with van der Waals surface area (Å²) >= 11 is 0. The molecule has 0 spiro atoms. The third-order valence-corrected chi connectivity index (χ3v) is 24.2. The zero-order chi connectivity index (χ0) is 69.2. The Bertz CT molecular complexity index is 2720. The van der Waals surface area contributed by atoms with Crippen LogP contribution in [0.15, 0.2) is 11.6 Å². The van der Waals surface area contributed by atoms with E-state index in [1.54, 1.807) is 0 Å². The van der Waals surface area contributed by atoms with Crippen LogP contribution in [0.1, 0.15) is 141 Å². The lowest BCUT2D eigenvalue weighted by Crippen LogP contribution is -2.70. The largest absolute Gasteiger partial charge is 0.462 e. The monoisotopic (exact) mass is 1350 g/mol. The molecule has 0 aromatic carbocycles. The highest BCUT2D eigenvalue weighted by Crippen LogP contribution is 2.76. The van der Waals surface area contributed by atoms with Crippen LogP contribution in [0, 0.1) is 50.2 Å². The van der Waals surface area contributed by atoms with Crippen molar-refractivity contribution in [2.24, 2.45) is 50.2 Å². The number of fused-ring (bicyclic) bond motifs is 7. The summed E-state index contributed by atoms with van der Waals surface area (Å²) in [5.41, 5.74) is -4.21. The normalized spacial score (nSPS) is 52.9. The van der Waals surface area contributed by atoms with E-state index in [0.29, 0.717) is 32.1 Å². The standard InChI is InChI=1S/C65H104O29/c1-25(84-30(6)67)19-38(71)89-51-41(74)28(4)87-58(52(51)92-56-47(80)44(77)49(29(5)88-56)90-54-48(81)50(34(69)23-83-54)91-55-45(78)42(75)39(72)26(2)85-55)94-59(82)65-18-17-60(7,8)20-32(65)31-13-14-36-61(9)21-33(68)53(93-57-46(79)43(76)40(73)27(3)86-57)62(10,24-66)35(61)15-16-63(36,11)64(31,12)22-37(65)70/h13,25-29,32-37,39-58,66,68-70,72-81H,14-24H2,1-12H3. The quantitative estimate of drug-likeness (QED) is 0.0378. The Labute approximate surface area is 546 Å². The average molecular weight is 1350 g/mol. The van der Waals surface area contributed by atoms with E-state index in [2.05, 4.69) is 40.7 Å². The van der Waals surface area contributed by atoms with E-state index in [0.717, 1.165) is 12.5 Å². The van der Waals surface area contributed by atoms with Crippen molar-refractivity contribution in [3.8, 4) is 0 Å². The molecule has 5 aliphatic heterocycles. The molecule has 29 heteroatoms. The SMILES string of the molecule is CC(=O)OC(C)CC(=O)OC1C(O)C(C)OC(OC(=O)C23CCC(C)(C)CC2C2=CCC4C5(C)CC(O)C(OC6OC(C)C(O)C(O)C6O)C(C)(CO)C5CCC4(C)C2(C)CC3O)C1OC1OC(C)C(OC2OCC(O)C(OC3OC(C)C(O)C(O)C3O)C2O)C(O)C1O. The fraction of sp³-hybridized carbons (Fsp3) is 0.923. The Morgan fingerprint density at radius 1 is 0.564 bits per heavy atom. The van der Waals surface area contributed by atoms with E-state index in [1.165, 1.54) is 34.6 Å². The molecular formula is C65H104O29. The maximum atomic E-state index is 15.9. The summed E-state index contributed by atoms with van der Waals surface area (Å²) in [5.74, 6) is -3.66. The molecule has 10 rings (SSSR count). The molecule has 5 aliphatic carbocycles. The summed E-state index contributed by atoms with van der Waals surface area (Å²) < 4.78 is 71.6. The summed E-state index contributed by atoms with van der Waals surface area (Å²) in [6.07, 6.45) is -38.7. The number of carbonyl (C=O) groups excluding carboxylic acids is 3. The minimum atomic E-state index is -2.08. The van der Waals surface area contributed by atoms with E-state index < -0.39 is 242 Å². The molecular weight excluding hydrogens is 1240 g/mol. The lowest BCUT2D eigenvalue weighted by Gasteiger charge is -2.72. The predicted molar refractivity (Wildman–Crippen MR) is 318 cm³/mol. The number of rotatable bonds is 15. The van der Waals surface area contributed by atoms with Gasteiger partial charge >= 0.3 is 17.9 Å². The second-order valence-electron chi connectivity index (χ2n) is 30.8. The number of esters is 3. The smallest absolute Gasteiger partial charge is 0.317 e. The van der Waals surface area contributed by atoms with E-state index in [9.17, 15) is 81.1 Å². The first-order valence-electron chi connectivity index (χ1n) is 33.4. The molecule has 0 bridgehead atoms. The first-order chi connectivity index (χ1) is 43.8. The van der Waals surface area contributed by atoms with Gasteiger partial charge in [-0.2, -0.15) is 0 Å². The number of aliphatic hydroxyl groups excluding tert-OH is 14. The maximum Gasteiger partial charge on any atom is 0.317 e. The van der Waals surface area contributed by atoms with Gasteiger partial charge in [-0.25, -0.2) is 0 Å². The van der Waals surface area contributed by atoms with Gasteiger partial charge in [0, 0.05) is 12.3 Å². The molecule has 36 atom stereocenters. The predicted octanol–water partition coefficient (Wildman–Crippen LogP) is -1.65. The minimum absolute atomic E-state index is 0.0829. The number of allylic oxidation sites excluding steroid dienone is 2. The Balaban J connectivity index is 0.917. The van der Waals surface area contributed by atoms with Crippen LogP contribution in [0.3, 0.4) is 0 Å². The molecule has 0 amide bonds. The summed E-state index contributed by atoms with van der Waals surface area (Å²) in [6.45, 7) is 20.0. The van der Waals surface area contributed by atoms with Gasteiger partial charge in [-0.05, 0) is 125 Å². The van der Waals surface area contributed by atoms with Crippen LogP contribution in [0.5, 0.6) is 0 Å². The minimum Gasteiger partial charge on any atom is -0.462 e. The van der Waals surface area contributed by atoms with Gasteiger partial charge in [-0.15, -0.1) is 0 Å². The molecule has 4 saturated carbocycles. The molecule has 36 unspecified atom stereocenters. The summed E-state index contributed by atoms with van der Waals surface area (Å²) in [4.78, 5) is 41.6. The maximum absolute atomic E-state index is 15.9. The van der Waals surface area contributed by atoms with Crippen molar-refractivity contribution < 1.29 is 143 Å². The van der Waals surface area contributed by atoms with Crippen molar-refractivity contribution in [2.75, 3.05) is 13.2 Å². The average Bonchev–Trinajstić information content (AvgIpc) is 0.670. The van der Waals surface area contributed by atoms with Gasteiger partial charge in [-0.1, -0.05) is 53.2 Å². The molecule has 0 aromatic heterocycles. The van der Waals surface area contributed by atoms with Crippen LogP contribution in [-0.4, -0.2) is 274 Å². The van der Waals surface area contributed by atoms with Gasteiger partial charge in [0.05, 0.1) is 62.4 Å². The molecule has 0 aromatic rings. The highest BCUT2D eigenvalue weighted by Gasteiger charge is 2.73. The van der Waals surface area contributed by atoms with Crippen LogP contribution >= 0.6 is 0 Å². The molecule has 5 saturated heterocycles. The van der Waals surface area contributed by atoms with E-state index in [4.69, 9.17) is 56.8 Å². The van der Waals surface area contributed by atoms with Gasteiger partial charge in [0.1, 0.15) is 90.9 Å². The number of aliphatic hydroxyl groups is 14. The van der Waals surface area contributed by atoms with Crippen molar-refractivity contribution in [3.05, 3.63) is 11.6 Å². The van der Waals surface area contributed by atoms with Crippen LogP contribution < -0.4 is 0 Å². The molecule has 9 fully saturated rings. The Morgan fingerprint density at radius 3 is 1.72 bits per heavy atom. The van der Waals surface area contributed by atoms with E-state index in [-0.39, 0.29) is 36.5 Å². The van der Waals surface area contributed by atoms with Crippen LogP contribution in [0.25, 0.3) is 0 Å². The van der Waals surface area contributed by atoms with E-state index in [1.807, 2.05) is 6.92 Å². The molecule has 5 heterocycles. The van der Waals surface area contributed by atoms with Crippen LogP contribution in [0.2, 0.25) is 0 Å². The fourth-order valence-corrected chi connectivity index (χ4v) is 18.6. The molecule has 10 aliphatic rings. The van der Waals surface area contributed by atoms with Crippen LogP contribution in [0.4, 0.5) is 0 Å². The first-order valence-corrected chi connectivity index (χ1v) is 33.4. The Hall–Kier alpha value is -2.77. The lowest BCUT2D eigenvalue weighted by molar-refractivity contribution is -0.380. The van der Waals surface area contributed by atoms with Crippen molar-refractivity contribution in [2.45, 2.75) is 313 Å². The van der Waals surface area contributed by atoms with Crippen molar-refractivity contribution >= 4 is 17.9 Å². The first kappa shape index (κ1) is 73.9. The van der Waals surface area contributed by atoms with Gasteiger partial charge in [-0.3, -0.25) is 14.4 Å². The number of ether oxygens (including phenoxy) is 12. The van der Waals surface area contributed by atoms with Gasteiger partial charge < -0.3 is 128 Å². The lowest BCUT2D eigenvalue weighted by atomic mass is 9.33. The number of hydrogen-bond donors (Lipinski definition) is 14. The molecule has 14 N–H and O–H groups in total. The zero-order valence-corrected chi connectivity index (χ0v) is 55.6. The summed E-state index contributed by atoms with van der Waals surface area (Å²) in [7, 11) is 0. The second kappa shape index (κ2) is 27.3. The summed E-state index contributed by atoms with van der Waals surface area (Å²) in [5, 5.41) is 158. The van der Waals surface area contributed by atoms with Gasteiger partial charge in [0.25, 0.3) is 0 Å². The molecule has 29 nitrogen and oxygen atoms in total. The van der Waals surface area contributed by atoms with Crippen molar-refractivity contribution in [1.29, 1.82) is 0 Å². The molecule has 94 heavy (non-hydrogen) atoms. The number of carbonyl (C=O) groups is 3. The van der Waals surface area contributed by atoms with Crippen molar-refractivity contribution in [3.63, 3.8) is 0 Å². The van der Waals surface area contributed by atoms with Gasteiger partial charge in [0.15, 0.2) is 37.4 Å². The third-order valence-electron chi connectivity index (χ3n) is 24.2. The Kier molecular flexibility index (Phi) is 21.5. The number of hydrogen-bond acceptors (Lipinski definition) is 29. The van der Waals surface area contributed by atoms with Crippen LogP contribution in [-0.2, 0) is 71.2 Å². The second-order valence-corrected chi connectivity index (χ2v) is 30.8. The molecule has 0 radical (unpaired) electrons. The Morgan fingerprint density at radius 2 is 1.12 bits per heavy atom. The zero-order valence-electron chi connectivity index (χ0n) is 55.6. The van der Waals surface area contributed by atoms with E-state index >= 15 is 4.79 Å². The topological polar surface area (TPSA) is 445 Å². The third kappa shape index (κ3) is 12.8. The van der Waals surface area contributed by atoms with Gasteiger partial charge in [0.2, 0.25) is 6.29 Å². The fourth-order valence-electron chi connectivity index (χ4n) is 18.6.